The highest BCUT2D eigenvalue weighted by molar-refractivity contribution is 5.81. The molecule has 0 bridgehead atoms. The number of phenols is 1. The zero-order chi connectivity index (χ0) is 13.8. The third-order valence-corrected chi connectivity index (χ3v) is 4.03. The fourth-order valence-electron chi connectivity index (χ4n) is 2.94. The molecule has 0 aliphatic carbocycles. The Balaban J connectivity index is 2.19. The molecule has 0 aromatic heterocycles. The fourth-order valence-corrected chi connectivity index (χ4v) is 2.94. The number of hydrogen-bond acceptors (Lipinski definition) is 4. The summed E-state index contributed by atoms with van der Waals surface area (Å²) in [4.78, 5) is 11.7. The summed E-state index contributed by atoms with van der Waals surface area (Å²) >= 11 is 0. The Bertz CT molecular complexity index is 560. The summed E-state index contributed by atoms with van der Waals surface area (Å²) in [6, 6.07) is 1.65. The van der Waals surface area contributed by atoms with E-state index in [0.29, 0.717) is 5.75 Å². The Labute approximate surface area is 112 Å². The van der Waals surface area contributed by atoms with Crippen LogP contribution in [0.4, 0.5) is 0 Å². The van der Waals surface area contributed by atoms with Gasteiger partial charge in [0.25, 0.3) is 0 Å². The van der Waals surface area contributed by atoms with Crippen molar-refractivity contribution in [3.8, 4) is 11.5 Å². The highest BCUT2D eigenvalue weighted by Crippen LogP contribution is 2.45. The Morgan fingerprint density at radius 2 is 2.11 bits per heavy atom. The van der Waals surface area contributed by atoms with Crippen molar-refractivity contribution in [2.45, 2.75) is 51.7 Å². The Morgan fingerprint density at radius 3 is 2.84 bits per heavy atom. The number of esters is 1. The van der Waals surface area contributed by atoms with Crippen LogP contribution in [0.3, 0.4) is 0 Å². The van der Waals surface area contributed by atoms with E-state index in [0.717, 1.165) is 29.5 Å². The number of rotatable bonds is 0. The van der Waals surface area contributed by atoms with E-state index in [1.54, 1.807) is 6.07 Å². The molecule has 19 heavy (non-hydrogen) atoms. The molecule has 1 N–H and O–H groups in total. The summed E-state index contributed by atoms with van der Waals surface area (Å²) < 4.78 is 11.0. The van der Waals surface area contributed by atoms with Gasteiger partial charge >= 0.3 is 5.97 Å². The van der Waals surface area contributed by atoms with Gasteiger partial charge in [-0.3, -0.25) is 4.79 Å². The normalized spacial score (nSPS) is 23.9. The lowest BCUT2D eigenvalue weighted by Crippen LogP contribution is -2.34. The van der Waals surface area contributed by atoms with Gasteiger partial charge in [0.1, 0.15) is 23.7 Å². The molecule has 0 saturated carbocycles. The zero-order valence-corrected chi connectivity index (χ0v) is 11.4. The number of cyclic esters (lactones) is 1. The summed E-state index contributed by atoms with van der Waals surface area (Å²) in [6.07, 6.45) is 1.77. The van der Waals surface area contributed by atoms with Crippen molar-refractivity contribution in [2.24, 2.45) is 0 Å². The van der Waals surface area contributed by atoms with Gasteiger partial charge in [-0.2, -0.15) is 0 Å². The molecule has 2 aliphatic rings. The fraction of sp³-hybridized carbons (Fsp3) is 0.533. The van der Waals surface area contributed by atoms with Gasteiger partial charge < -0.3 is 14.6 Å². The Hall–Kier alpha value is -1.71. The lowest BCUT2D eigenvalue weighted by molar-refractivity contribution is -0.147. The number of benzene rings is 1. The second kappa shape index (κ2) is 3.89. The summed E-state index contributed by atoms with van der Waals surface area (Å²) in [5, 5.41) is 10.1. The molecule has 102 valence electrons. The van der Waals surface area contributed by atoms with Gasteiger partial charge in [-0.15, -0.1) is 0 Å². The molecule has 1 aromatic carbocycles. The van der Waals surface area contributed by atoms with Crippen LogP contribution in [0.2, 0.25) is 0 Å². The average molecular weight is 262 g/mol. The molecule has 1 aromatic rings. The van der Waals surface area contributed by atoms with E-state index >= 15 is 0 Å². The Kier molecular flexibility index (Phi) is 2.52. The van der Waals surface area contributed by atoms with Crippen LogP contribution in [0.1, 0.15) is 49.8 Å². The van der Waals surface area contributed by atoms with Crippen LogP contribution in [0, 0.1) is 0 Å². The molecule has 4 heteroatoms. The summed E-state index contributed by atoms with van der Waals surface area (Å²) in [5.74, 6) is 0.291. The van der Waals surface area contributed by atoms with Crippen molar-refractivity contribution in [3.05, 3.63) is 22.8 Å². The van der Waals surface area contributed by atoms with E-state index in [1.807, 2.05) is 20.8 Å². The number of carbonyl (C=O) groups excluding carboxylic acids is 1. The van der Waals surface area contributed by atoms with Crippen molar-refractivity contribution in [1.82, 2.24) is 0 Å². The van der Waals surface area contributed by atoms with Gasteiger partial charge in [0.2, 0.25) is 0 Å². The molecule has 3 rings (SSSR count). The van der Waals surface area contributed by atoms with Crippen LogP contribution in [-0.4, -0.2) is 16.7 Å². The standard InChI is InChI=1S/C15H18O4/c1-8-13-9-4-5-15(2,3)19-12(9)6-11(16)10(13)7-18-14(8)17/h6,8,16H,4-5,7H2,1-3H3. The van der Waals surface area contributed by atoms with Gasteiger partial charge in [-0.1, -0.05) is 0 Å². The molecule has 0 saturated heterocycles. The first-order valence-corrected chi connectivity index (χ1v) is 6.62. The number of fused-ring (bicyclic) bond motifs is 3. The van der Waals surface area contributed by atoms with Crippen molar-refractivity contribution in [1.29, 1.82) is 0 Å². The monoisotopic (exact) mass is 262 g/mol. The topological polar surface area (TPSA) is 55.8 Å². The van der Waals surface area contributed by atoms with E-state index < -0.39 is 0 Å². The van der Waals surface area contributed by atoms with Crippen molar-refractivity contribution in [2.75, 3.05) is 0 Å². The lowest BCUT2D eigenvalue weighted by atomic mass is 9.83. The first-order valence-electron chi connectivity index (χ1n) is 6.62. The first kappa shape index (κ1) is 12.3. The number of ether oxygens (including phenoxy) is 2. The molecule has 0 radical (unpaired) electrons. The average Bonchev–Trinajstić information content (AvgIpc) is 2.32. The second-order valence-corrected chi connectivity index (χ2v) is 5.96. The van der Waals surface area contributed by atoms with Crippen molar-refractivity contribution in [3.63, 3.8) is 0 Å². The second-order valence-electron chi connectivity index (χ2n) is 5.96. The number of hydrogen-bond donors (Lipinski definition) is 1. The molecule has 1 atom stereocenters. The number of aromatic hydroxyl groups is 1. The van der Waals surface area contributed by atoms with E-state index in [9.17, 15) is 9.90 Å². The van der Waals surface area contributed by atoms with E-state index in [-0.39, 0.29) is 29.8 Å². The lowest BCUT2D eigenvalue weighted by Gasteiger charge is -2.36. The first-order chi connectivity index (χ1) is 8.89. The third-order valence-electron chi connectivity index (χ3n) is 4.03. The number of phenolic OH excluding ortho intramolecular Hbond substituents is 1. The maximum absolute atomic E-state index is 11.7. The van der Waals surface area contributed by atoms with Crippen molar-refractivity contribution >= 4 is 5.97 Å². The minimum absolute atomic E-state index is 0.154. The van der Waals surface area contributed by atoms with E-state index in [1.165, 1.54) is 0 Å². The van der Waals surface area contributed by atoms with Gasteiger partial charge in [-0.25, -0.2) is 0 Å². The third kappa shape index (κ3) is 1.86. The Morgan fingerprint density at radius 1 is 1.37 bits per heavy atom. The summed E-state index contributed by atoms with van der Waals surface area (Å²) in [6.45, 7) is 6.04. The molecule has 4 nitrogen and oxygen atoms in total. The minimum Gasteiger partial charge on any atom is -0.507 e. The predicted molar refractivity (Wildman–Crippen MR) is 69.3 cm³/mol. The van der Waals surface area contributed by atoms with Crippen LogP contribution in [0.25, 0.3) is 0 Å². The van der Waals surface area contributed by atoms with Crippen LogP contribution < -0.4 is 4.74 Å². The van der Waals surface area contributed by atoms with Crippen LogP contribution in [0.5, 0.6) is 11.5 Å². The molecular formula is C15H18O4. The van der Waals surface area contributed by atoms with Crippen molar-refractivity contribution < 1.29 is 19.4 Å². The SMILES string of the molecule is CC1C(=O)OCc2c(O)cc3c(c21)CCC(C)(C)O3. The molecule has 1 unspecified atom stereocenters. The predicted octanol–water partition coefficient (Wildman–Crippen LogP) is 2.66. The molecule has 2 aliphatic heterocycles. The highest BCUT2D eigenvalue weighted by Gasteiger charge is 2.36. The smallest absolute Gasteiger partial charge is 0.313 e. The summed E-state index contributed by atoms with van der Waals surface area (Å²) in [7, 11) is 0. The number of carbonyl (C=O) groups is 1. The minimum atomic E-state index is -0.339. The highest BCUT2D eigenvalue weighted by atomic mass is 16.5. The summed E-state index contributed by atoms with van der Waals surface area (Å²) in [5.41, 5.74) is 2.46. The molecular weight excluding hydrogens is 244 g/mol. The molecule has 0 amide bonds. The van der Waals surface area contributed by atoms with Gasteiger partial charge in [-0.05, 0) is 44.7 Å². The maximum Gasteiger partial charge on any atom is 0.313 e. The maximum atomic E-state index is 11.7. The molecule has 2 heterocycles. The zero-order valence-electron chi connectivity index (χ0n) is 11.4. The van der Waals surface area contributed by atoms with Gasteiger partial charge in [0.15, 0.2) is 0 Å². The molecule has 0 spiro atoms. The van der Waals surface area contributed by atoms with Gasteiger partial charge in [0, 0.05) is 11.6 Å². The van der Waals surface area contributed by atoms with Crippen LogP contribution in [-0.2, 0) is 22.6 Å². The quantitative estimate of drug-likeness (QED) is 0.730. The van der Waals surface area contributed by atoms with E-state index in [2.05, 4.69) is 0 Å². The van der Waals surface area contributed by atoms with Gasteiger partial charge in [0.05, 0.1) is 5.92 Å². The molecule has 0 fully saturated rings. The largest absolute Gasteiger partial charge is 0.507 e. The van der Waals surface area contributed by atoms with Crippen LogP contribution >= 0.6 is 0 Å². The van der Waals surface area contributed by atoms with E-state index in [4.69, 9.17) is 9.47 Å². The van der Waals surface area contributed by atoms with Crippen LogP contribution in [0.15, 0.2) is 6.07 Å².